The Hall–Kier alpha value is -2.10. The highest BCUT2D eigenvalue weighted by Gasteiger charge is 2.10. The minimum absolute atomic E-state index is 0.535. The highest BCUT2D eigenvalue weighted by molar-refractivity contribution is 6.36. The molecule has 0 N–H and O–H groups in total. The zero-order valence-electron chi connectivity index (χ0n) is 12.8. The summed E-state index contributed by atoms with van der Waals surface area (Å²) < 4.78 is 2.10. The first kappa shape index (κ1) is 15.8. The highest BCUT2D eigenvalue weighted by atomic mass is 35.5. The van der Waals surface area contributed by atoms with E-state index in [1.165, 1.54) is 0 Å². The predicted octanol–water partition coefficient (Wildman–Crippen LogP) is 5.55. The van der Waals surface area contributed by atoms with Gasteiger partial charge in [0.05, 0.1) is 10.7 Å². The Morgan fingerprint density at radius 2 is 1.91 bits per heavy atom. The summed E-state index contributed by atoms with van der Waals surface area (Å²) in [5, 5.41) is 1.13. The van der Waals surface area contributed by atoms with Crippen LogP contribution in [-0.4, -0.2) is 15.8 Å². The SMILES string of the molecule is Cc1cc(C=Nc2ccc(Cl)cc2Cl)c(C)n1-c1ccccn1. The molecule has 0 aliphatic heterocycles. The fraction of sp³-hybridized carbons (Fsp3) is 0.111. The smallest absolute Gasteiger partial charge is 0.136 e. The Kier molecular flexibility index (Phi) is 4.51. The van der Waals surface area contributed by atoms with Gasteiger partial charge in [0, 0.05) is 34.4 Å². The third-order valence-corrected chi connectivity index (χ3v) is 4.14. The van der Waals surface area contributed by atoms with E-state index in [4.69, 9.17) is 23.2 Å². The predicted molar refractivity (Wildman–Crippen MR) is 96.8 cm³/mol. The van der Waals surface area contributed by atoms with E-state index in [0.717, 1.165) is 22.8 Å². The summed E-state index contributed by atoms with van der Waals surface area (Å²) in [5.41, 5.74) is 3.90. The largest absolute Gasteiger partial charge is 0.303 e. The van der Waals surface area contributed by atoms with E-state index in [9.17, 15) is 0 Å². The van der Waals surface area contributed by atoms with Gasteiger partial charge < -0.3 is 4.57 Å². The van der Waals surface area contributed by atoms with Crippen LogP contribution in [0, 0.1) is 13.8 Å². The van der Waals surface area contributed by atoms with Gasteiger partial charge in [0.25, 0.3) is 0 Å². The molecule has 3 aromatic rings. The molecule has 1 aromatic carbocycles. The van der Waals surface area contributed by atoms with E-state index in [1.54, 1.807) is 24.4 Å². The summed E-state index contributed by atoms with van der Waals surface area (Å²) in [7, 11) is 0. The lowest BCUT2D eigenvalue weighted by atomic mass is 10.2. The third kappa shape index (κ3) is 3.31. The number of hydrogen-bond donors (Lipinski definition) is 0. The van der Waals surface area contributed by atoms with Crippen molar-refractivity contribution in [2.75, 3.05) is 0 Å². The number of pyridine rings is 1. The Morgan fingerprint density at radius 3 is 2.61 bits per heavy atom. The number of benzene rings is 1. The molecule has 0 radical (unpaired) electrons. The van der Waals surface area contributed by atoms with Crippen LogP contribution >= 0.6 is 23.2 Å². The molecular weight excluding hydrogens is 329 g/mol. The number of aryl methyl sites for hydroxylation is 1. The lowest BCUT2D eigenvalue weighted by molar-refractivity contribution is 0.921. The van der Waals surface area contributed by atoms with Crippen molar-refractivity contribution in [2.45, 2.75) is 13.8 Å². The molecule has 3 nitrogen and oxygen atoms in total. The monoisotopic (exact) mass is 343 g/mol. The molecule has 0 saturated carbocycles. The van der Waals surface area contributed by atoms with Gasteiger partial charge in [-0.3, -0.25) is 4.99 Å². The zero-order valence-corrected chi connectivity index (χ0v) is 14.3. The Morgan fingerprint density at radius 1 is 1.09 bits per heavy atom. The van der Waals surface area contributed by atoms with E-state index in [2.05, 4.69) is 20.6 Å². The molecule has 5 heteroatoms. The van der Waals surface area contributed by atoms with Gasteiger partial charge in [0.1, 0.15) is 5.82 Å². The second-order valence-electron chi connectivity index (χ2n) is 5.20. The maximum Gasteiger partial charge on any atom is 0.136 e. The molecule has 0 spiro atoms. The number of hydrogen-bond acceptors (Lipinski definition) is 2. The molecule has 0 aliphatic carbocycles. The maximum absolute atomic E-state index is 6.15. The van der Waals surface area contributed by atoms with Gasteiger partial charge in [0.2, 0.25) is 0 Å². The molecule has 23 heavy (non-hydrogen) atoms. The quantitative estimate of drug-likeness (QED) is 0.573. The molecule has 0 aliphatic rings. The van der Waals surface area contributed by atoms with Crippen LogP contribution in [0.1, 0.15) is 17.0 Å². The fourth-order valence-electron chi connectivity index (χ4n) is 2.48. The molecule has 2 heterocycles. The van der Waals surface area contributed by atoms with Crippen LogP contribution < -0.4 is 0 Å². The van der Waals surface area contributed by atoms with Crippen molar-refractivity contribution < 1.29 is 0 Å². The Balaban J connectivity index is 1.97. The summed E-state index contributed by atoms with van der Waals surface area (Å²) in [5.74, 6) is 0.895. The van der Waals surface area contributed by atoms with Crippen molar-refractivity contribution in [3.63, 3.8) is 0 Å². The number of aromatic nitrogens is 2. The minimum Gasteiger partial charge on any atom is -0.303 e. The van der Waals surface area contributed by atoms with Crippen molar-refractivity contribution in [1.29, 1.82) is 0 Å². The van der Waals surface area contributed by atoms with E-state index >= 15 is 0 Å². The van der Waals surface area contributed by atoms with Crippen molar-refractivity contribution in [3.8, 4) is 5.82 Å². The Bertz CT molecular complexity index is 867. The molecule has 0 amide bonds. The number of aliphatic imine (C=N–C) groups is 1. The van der Waals surface area contributed by atoms with Crippen LogP contribution in [0.15, 0.2) is 53.7 Å². The van der Waals surface area contributed by atoms with Crippen molar-refractivity contribution in [2.24, 2.45) is 4.99 Å². The summed E-state index contributed by atoms with van der Waals surface area (Å²) in [4.78, 5) is 8.89. The summed E-state index contributed by atoms with van der Waals surface area (Å²) in [6.07, 6.45) is 3.60. The molecule has 116 valence electrons. The second kappa shape index (κ2) is 6.57. The van der Waals surface area contributed by atoms with Crippen LogP contribution in [-0.2, 0) is 0 Å². The molecule has 0 bridgehead atoms. The van der Waals surface area contributed by atoms with Crippen molar-refractivity contribution >= 4 is 35.1 Å². The van der Waals surface area contributed by atoms with Crippen LogP contribution in [0.3, 0.4) is 0 Å². The fourth-order valence-corrected chi connectivity index (χ4v) is 2.94. The van der Waals surface area contributed by atoms with Gasteiger partial charge >= 0.3 is 0 Å². The summed E-state index contributed by atoms with van der Waals surface area (Å²) >= 11 is 12.1. The van der Waals surface area contributed by atoms with Gasteiger partial charge in [-0.25, -0.2) is 4.98 Å². The van der Waals surface area contributed by atoms with E-state index in [1.807, 2.05) is 38.3 Å². The van der Waals surface area contributed by atoms with Crippen molar-refractivity contribution in [3.05, 3.63) is 75.7 Å². The highest BCUT2D eigenvalue weighted by Crippen LogP contribution is 2.28. The molecule has 0 unspecified atom stereocenters. The van der Waals surface area contributed by atoms with Gasteiger partial charge in [-0.2, -0.15) is 0 Å². The van der Waals surface area contributed by atoms with Crippen LogP contribution in [0.5, 0.6) is 0 Å². The normalized spacial score (nSPS) is 11.3. The maximum atomic E-state index is 6.15. The van der Waals surface area contributed by atoms with E-state index in [0.29, 0.717) is 15.7 Å². The summed E-state index contributed by atoms with van der Waals surface area (Å²) in [6, 6.07) is 13.2. The van der Waals surface area contributed by atoms with Crippen molar-refractivity contribution in [1.82, 2.24) is 9.55 Å². The molecule has 0 fully saturated rings. The van der Waals surface area contributed by atoms with Gasteiger partial charge in [0.15, 0.2) is 0 Å². The van der Waals surface area contributed by atoms with E-state index in [-0.39, 0.29) is 0 Å². The number of halogens is 2. The number of nitrogens with zero attached hydrogens (tertiary/aromatic N) is 3. The standard InChI is InChI=1S/C18H15Cl2N3/c1-12-9-14(11-22-17-7-6-15(19)10-16(17)20)13(2)23(12)18-5-3-4-8-21-18/h3-11H,1-2H3. The van der Waals surface area contributed by atoms with Gasteiger partial charge in [-0.1, -0.05) is 29.3 Å². The molecule has 0 saturated heterocycles. The first-order valence-electron chi connectivity index (χ1n) is 7.16. The third-order valence-electron chi connectivity index (χ3n) is 3.60. The zero-order chi connectivity index (χ0) is 16.4. The molecular formula is C18H15Cl2N3. The molecule has 2 aromatic heterocycles. The molecule has 0 atom stereocenters. The summed E-state index contributed by atoms with van der Waals surface area (Å²) in [6.45, 7) is 4.10. The van der Waals surface area contributed by atoms with Crippen LogP contribution in [0.2, 0.25) is 10.0 Å². The van der Waals surface area contributed by atoms with Crippen LogP contribution in [0.4, 0.5) is 5.69 Å². The first-order valence-corrected chi connectivity index (χ1v) is 7.91. The van der Waals surface area contributed by atoms with E-state index < -0.39 is 0 Å². The topological polar surface area (TPSA) is 30.2 Å². The molecule has 3 rings (SSSR count). The lowest BCUT2D eigenvalue weighted by Crippen LogP contribution is -2.01. The van der Waals surface area contributed by atoms with Gasteiger partial charge in [-0.05, 0) is 50.2 Å². The minimum atomic E-state index is 0.535. The Labute approximate surface area is 145 Å². The average molecular weight is 344 g/mol. The van der Waals surface area contributed by atoms with Gasteiger partial charge in [-0.15, -0.1) is 0 Å². The lowest BCUT2D eigenvalue weighted by Gasteiger charge is -2.07. The average Bonchev–Trinajstić information content (AvgIpc) is 2.81. The number of rotatable bonds is 3. The first-order chi connectivity index (χ1) is 11.1. The van der Waals surface area contributed by atoms with Crippen LogP contribution in [0.25, 0.3) is 5.82 Å². The second-order valence-corrected chi connectivity index (χ2v) is 6.05.